The summed E-state index contributed by atoms with van der Waals surface area (Å²) in [6, 6.07) is 0.817. The lowest BCUT2D eigenvalue weighted by molar-refractivity contribution is -0.181. The molecule has 11 nitrogen and oxygen atoms in total. The number of nitrogens with zero attached hydrogens (tertiary/aromatic N) is 3. The second kappa shape index (κ2) is 11.0. The fraction of sp³-hybridized carbons (Fsp3) is 0.667. The molecule has 8 atom stereocenters. The van der Waals surface area contributed by atoms with E-state index < -0.39 is 64.4 Å². The molecule has 5 aliphatic rings. The monoisotopic (exact) mass is 608 g/mol. The van der Waals surface area contributed by atoms with Crippen molar-refractivity contribution in [3.63, 3.8) is 0 Å². The average molecular weight is 609 g/mol. The molecule has 0 bridgehead atoms. The van der Waals surface area contributed by atoms with E-state index in [1.165, 1.54) is 30.6 Å². The number of hydrogen-bond acceptors (Lipinski definition) is 10. The molecule has 11 heteroatoms. The first-order valence-electron chi connectivity index (χ1n) is 15.9. The van der Waals surface area contributed by atoms with Gasteiger partial charge in [-0.2, -0.15) is 0 Å². The van der Waals surface area contributed by atoms with E-state index in [0.717, 1.165) is 31.1 Å². The number of phenols is 1. The highest BCUT2D eigenvalue weighted by Crippen LogP contribution is 2.52. The van der Waals surface area contributed by atoms with Crippen molar-refractivity contribution in [1.29, 1.82) is 0 Å². The molecule has 0 spiro atoms. The van der Waals surface area contributed by atoms with Crippen molar-refractivity contribution >= 4 is 34.7 Å². The molecule has 4 fully saturated rings. The maximum atomic E-state index is 14.3. The Labute approximate surface area is 257 Å². The van der Waals surface area contributed by atoms with Gasteiger partial charge in [-0.25, -0.2) is 0 Å². The molecule has 0 radical (unpaired) electrons. The van der Waals surface area contributed by atoms with Gasteiger partial charge in [-0.1, -0.05) is 19.3 Å². The van der Waals surface area contributed by atoms with Crippen LogP contribution in [0.1, 0.15) is 60.0 Å². The molecule has 1 amide bonds. The SMILES string of the molecule is CN(C)c1cc(CN2CCC3CCCCC3C2)c(O)c2c1C[C@H]1C[C@H]3[C@H](N(C)C)C(=O)C(C(N)=O)C(=O)[C@@]3(O)C(=O)C1C2=O. The quantitative estimate of drug-likeness (QED) is 0.411. The predicted octanol–water partition coefficient (Wildman–Crippen LogP) is 0.945. The number of amides is 1. The summed E-state index contributed by atoms with van der Waals surface area (Å²) in [5.74, 6) is -8.78. The van der Waals surface area contributed by atoms with E-state index in [4.69, 9.17) is 5.73 Å². The normalized spacial score (nSPS) is 35.5. The Morgan fingerprint density at radius 2 is 1.70 bits per heavy atom. The van der Waals surface area contributed by atoms with Crippen LogP contribution in [0.5, 0.6) is 5.75 Å². The fourth-order valence-corrected chi connectivity index (χ4v) is 9.29. The van der Waals surface area contributed by atoms with Crippen molar-refractivity contribution in [1.82, 2.24) is 9.80 Å². The third kappa shape index (κ3) is 4.53. The van der Waals surface area contributed by atoms with Crippen LogP contribution in [0.4, 0.5) is 5.69 Å². The summed E-state index contributed by atoms with van der Waals surface area (Å²) in [6.07, 6.45) is 6.43. The Hall–Kier alpha value is -3.15. The number of aromatic hydroxyl groups is 1. The number of aliphatic hydroxyl groups is 1. The lowest BCUT2D eigenvalue weighted by Gasteiger charge is -2.52. The van der Waals surface area contributed by atoms with Crippen LogP contribution in [-0.2, 0) is 32.1 Å². The molecule has 1 heterocycles. The minimum absolute atomic E-state index is 0.0373. The molecule has 6 rings (SSSR count). The fourth-order valence-electron chi connectivity index (χ4n) is 9.29. The number of hydrogen-bond donors (Lipinski definition) is 3. The largest absolute Gasteiger partial charge is 0.507 e. The van der Waals surface area contributed by atoms with E-state index in [-0.39, 0.29) is 24.2 Å². The Kier molecular flexibility index (Phi) is 7.73. The summed E-state index contributed by atoms with van der Waals surface area (Å²) in [7, 11) is 6.90. The van der Waals surface area contributed by atoms with Crippen molar-refractivity contribution in [3.05, 3.63) is 22.8 Å². The van der Waals surface area contributed by atoms with Gasteiger partial charge in [-0.05, 0) is 75.7 Å². The minimum Gasteiger partial charge on any atom is -0.507 e. The number of primary amides is 1. The number of carbonyl (C=O) groups is 5. The number of carbonyl (C=O) groups excluding carboxylic acids is 5. The summed E-state index contributed by atoms with van der Waals surface area (Å²) in [4.78, 5) is 73.3. The molecule has 1 aromatic rings. The molecular weight excluding hydrogens is 564 g/mol. The zero-order valence-corrected chi connectivity index (χ0v) is 26.0. The number of phenolic OH excluding ortho intramolecular Hbond substituents is 1. The second-order valence-electron chi connectivity index (χ2n) is 14.3. The van der Waals surface area contributed by atoms with E-state index in [2.05, 4.69) is 4.90 Å². The summed E-state index contributed by atoms with van der Waals surface area (Å²) in [6.45, 7) is 2.32. The summed E-state index contributed by atoms with van der Waals surface area (Å²) >= 11 is 0. The Morgan fingerprint density at radius 3 is 2.34 bits per heavy atom. The Morgan fingerprint density at radius 1 is 1.02 bits per heavy atom. The summed E-state index contributed by atoms with van der Waals surface area (Å²) < 4.78 is 0. The molecular formula is C33H44N4O7. The van der Waals surface area contributed by atoms with Crippen LogP contribution in [0.2, 0.25) is 0 Å². The maximum Gasteiger partial charge on any atom is 0.235 e. The number of benzene rings is 1. The highest BCUT2D eigenvalue weighted by Gasteiger charge is 2.69. The van der Waals surface area contributed by atoms with Gasteiger partial charge in [0.15, 0.2) is 34.7 Å². The highest BCUT2D eigenvalue weighted by molar-refractivity contribution is 6.32. The predicted molar refractivity (Wildman–Crippen MR) is 161 cm³/mol. The third-order valence-corrected chi connectivity index (χ3v) is 11.4. The molecule has 238 valence electrons. The highest BCUT2D eigenvalue weighted by atomic mass is 16.3. The number of fused-ring (bicyclic) bond motifs is 4. The molecule has 1 saturated heterocycles. The van der Waals surface area contributed by atoms with E-state index in [9.17, 15) is 34.2 Å². The Balaban J connectivity index is 1.39. The molecule has 4 aliphatic carbocycles. The van der Waals surface area contributed by atoms with E-state index in [1.807, 2.05) is 25.1 Å². The van der Waals surface area contributed by atoms with Crippen LogP contribution < -0.4 is 10.6 Å². The van der Waals surface area contributed by atoms with Gasteiger partial charge in [0, 0.05) is 44.4 Å². The number of Topliss-reactive ketones (excluding diaryl/α,β-unsaturated/α-hetero) is 4. The molecule has 3 saturated carbocycles. The lowest BCUT2D eigenvalue weighted by atomic mass is 9.52. The van der Waals surface area contributed by atoms with Gasteiger partial charge in [0.25, 0.3) is 0 Å². The van der Waals surface area contributed by atoms with Crippen molar-refractivity contribution in [3.8, 4) is 5.75 Å². The lowest BCUT2D eigenvalue weighted by Crippen LogP contribution is -2.74. The second-order valence-corrected chi connectivity index (χ2v) is 14.3. The zero-order chi connectivity index (χ0) is 31.8. The van der Waals surface area contributed by atoms with Gasteiger partial charge in [0.1, 0.15) is 5.75 Å². The first-order valence-corrected chi connectivity index (χ1v) is 15.9. The van der Waals surface area contributed by atoms with Crippen LogP contribution >= 0.6 is 0 Å². The molecule has 1 aromatic carbocycles. The van der Waals surface area contributed by atoms with Gasteiger partial charge in [-0.15, -0.1) is 0 Å². The number of likely N-dealkylation sites (tertiary alicyclic amines) is 1. The molecule has 4 unspecified atom stereocenters. The van der Waals surface area contributed by atoms with Crippen molar-refractivity contribution in [2.45, 2.75) is 63.1 Å². The molecule has 4 N–H and O–H groups in total. The maximum absolute atomic E-state index is 14.3. The van der Waals surface area contributed by atoms with Crippen molar-refractivity contribution < 1.29 is 34.2 Å². The third-order valence-electron chi connectivity index (χ3n) is 11.4. The molecule has 44 heavy (non-hydrogen) atoms. The Bertz CT molecular complexity index is 1440. The van der Waals surface area contributed by atoms with Crippen LogP contribution in [-0.4, -0.2) is 102 Å². The number of piperidine rings is 1. The van der Waals surface area contributed by atoms with Crippen LogP contribution in [0.15, 0.2) is 6.07 Å². The topological polar surface area (TPSA) is 162 Å². The van der Waals surface area contributed by atoms with Crippen LogP contribution in [0.3, 0.4) is 0 Å². The first kappa shape index (κ1) is 30.9. The average Bonchev–Trinajstić information content (AvgIpc) is 2.95. The molecule has 1 aliphatic heterocycles. The van der Waals surface area contributed by atoms with Crippen LogP contribution in [0.25, 0.3) is 0 Å². The number of nitrogens with two attached hydrogens (primary N) is 1. The van der Waals surface area contributed by atoms with Gasteiger partial charge in [0.2, 0.25) is 5.91 Å². The van der Waals surface area contributed by atoms with E-state index in [0.29, 0.717) is 23.6 Å². The van der Waals surface area contributed by atoms with Gasteiger partial charge < -0.3 is 20.8 Å². The smallest absolute Gasteiger partial charge is 0.235 e. The minimum atomic E-state index is -2.72. The number of likely N-dealkylation sites (N-methyl/N-ethyl adjacent to an activating group) is 1. The first-order chi connectivity index (χ1) is 20.8. The van der Waals surface area contributed by atoms with Crippen molar-refractivity contribution in [2.24, 2.45) is 41.2 Å². The molecule has 0 aromatic heterocycles. The van der Waals surface area contributed by atoms with Gasteiger partial charge >= 0.3 is 0 Å². The number of rotatable bonds is 5. The van der Waals surface area contributed by atoms with Crippen molar-refractivity contribution in [2.75, 3.05) is 46.2 Å². The number of anilines is 1. The van der Waals surface area contributed by atoms with E-state index >= 15 is 0 Å². The van der Waals surface area contributed by atoms with E-state index in [1.54, 1.807) is 14.1 Å². The zero-order valence-electron chi connectivity index (χ0n) is 26.0. The standard InChI is InChI=1S/C33H44N4O7/c1-35(2)22-13-19(15-37-10-9-16-7-5-6-8-17(16)14-37)27(38)24-20(22)11-18-12-21-26(36(3)4)29(40)25(32(34)43)31(42)33(21,44)30(41)23(18)28(24)39/h13,16-18,21,23,25-26,38,44H,5-12,14-15H2,1-4H3,(H2,34,43)/t16?,17?,18-,21-,23?,25?,26-,33-/m0/s1. The number of ketones is 4. The van der Waals surface area contributed by atoms with Crippen LogP contribution in [0, 0.1) is 35.5 Å². The van der Waals surface area contributed by atoms with Gasteiger partial charge in [-0.3, -0.25) is 33.8 Å². The van der Waals surface area contributed by atoms with Gasteiger partial charge in [0.05, 0.1) is 17.5 Å². The summed E-state index contributed by atoms with van der Waals surface area (Å²) in [5.41, 5.74) is 4.76. The summed E-state index contributed by atoms with van der Waals surface area (Å²) in [5, 5.41) is 23.5.